The topological polar surface area (TPSA) is 57.6 Å². The second-order valence-corrected chi connectivity index (χ2v) is 5.36. The zero-order chi connectivity index (χ0) is 15.6. The van der Waals surface area contributed by atoms with Crippen molar-refractivity contribution in [3.63, 3.8) is 0 Å². The number of aliphatic carboxylic acids is 1. The Labute approximate surface area is 125 Å². The van der Waals surface area contributed by atoms with Crippen molar-refractivity contribution in [2.45, 2.75) is 31.7 Å². The molecule has 0 bridgehead atoms. The molecule has 1 amide bonds. The second-order valence-electron chi connectivity index (χ2n) is 4.95. The fraction of sp³-hybridized carbons (Fsp3) is 0.429. The molecule has 7 heteroatoms. The molecule has 4 nitrogen and oxygen atoms in total. The second kappa shape index (κ2) is 6.39. The highest BCUT2D eigenvalue weighted by molar-refractivity contribution is 6.33. The Morgan fingerprint density at radius 2 is 1.86 bits per heavy atom. The summed E-state index contributed by atoms with van der Waals surface area (Å²) in [5.41, 5.74) is -0.219. The molecule has 0 aromatic heterocycles. The summed E-state index contributed by atoms with van der Waals surface area (Å²) in [5.74, 6) is -4.14. The number of carbonyl (C=O) groups excluding carboxylic acids is 1. The van der Waals surface area contributed by atoms with Crippen LogP contribution in [0.25, 0.3) is 0 Å². The number of hydrogen-bond donors (Lipinski definition) is 1. The largest absolute Gasteiger partial charge is 0.480 e. The minimum Gasteiger partial charge on any atom is -0.480 e. The molecule has 1 aromatic carbocycles. The third-order valence-electron chi connectivity index (χ3n) is 3.54. The van der Waals surface area contributed by atoms with Gasteiger partial charge in [0.05, 0.1) is 10.6 Å². The third-order valence-corrected chi connectivity index (χ3v) is 3.85. The number of nitrogens with zero attached hydrogens (tertiary/aromatic N) is 1. The summed E-state index contributed by atoms with van der Waals surface area (Å²) >= 11 is 5.78. The zero-order valence-corrected chi connectivity index (χ0v) is 11.9. The highest BCUT2D eigenvalue weighted by atomic mass is 35.5. The number of amides is 1. The first-order valence-electron chi connectivity index (χ1n) is 6.60. The van der Waals surface area contributed by atoms with Crippen LogP contribution in [0.1, 0.15) is 36.0 Å². The van der Waals surface area contributed by atoms with Gasteiger partial charge in [-0.25, -0.2) is 13.6 Å². The van der Waals surface area contributed by atoms with Gasteiger partial charge in [0.1, 0.15) is 6.04 Å². The number of hydrogen-bond acceptors (Lipinski definition) is 2. The molecule has 0 saturated carbocycles. The van der Waals surface area contributed by atoms with Crippen molar-refractivity contribution in [3.8, 4) is 0 Å². The van der Waals surface area contributed by atoms with Gasteiger partial charge in [-0.15, -0.1) is 0 Å². The normalized spacial score (nSPS) is 19.2. The lowest BCUT2D eigenvalue weighted by Gasteiger charge is -2.27. The minimum atomic E-state index is -1.19. The molecule has 1 fully saturated rings. The van der Waals surface area contributed by atoms with Gasteiger partial charge in [-0.05, 0) is 25.0 Å². The summed E-state index contributed by atoms with van der Waals surface area (Å²) < 4.78 is 26.4. The van der Waals surface area contributed by atoms with Crippen LogP contribution in [-0.2, 0) is 4.79 Å². The predicted octanol–water partition coefficient (Wildman–Crippen LogP) is 3.09. The van der Waals surface area contributed by atoms with E-state index in [9.17, 15) is 23.5 Å². The molecule has 0 spiro atoms. The molecule has 1 heterocycles. The molecule has 0 aliphatic carbocycles. The van der Waals surface area contributed by atoms with E-state index in [1.54, 1.807) is 0 Å². The molecule has 1 aliphatic heterocycles. The number of likely N-dealkylation sites (tertiary alicyclic amines) is 1. The summed E-state index contributed by atoms with van der Waals surface area (Å²) in [4.78, 5) is 24.9. The van der Waals surface area contributed by atoms with Gasteiger partial charge in [-0.1, -0.05) is 24.4 Å². The maximum Gasteiger partial charge on any atom is 0.326 e. The van der Waals surface area contributed by atoms with E-state index in [1.165, 1.54) is 4.90 Å². The van der Waals surface area contributed by atoms with Gasteiger partial charge in [0.15, 0.2) is 11.6 Å². The maximum atomic E-state index is 13.3. The van der Waals surface area contributed by atoms with Crippen molar-refractivity contribution < 1.29 is 23.5 Å². The molecule has 21 heavy (non-hydrogen) atoms. The van der Waals surface area contributed by atoms with Gasteiger partial charge in [0, 0.05) is 6.54 Å². The molecule has 1 aliphatic rings. The number of carbonyl (C=O) groups is 2. The van der Waals surface area contributed by atoms with Gasteiger partial charge < -0.3 is 10.0 Å². The average Bonchev–Trinajstić information content (AvgIpc) is 2.67. The van der Waals surface area contributed by atoms with Crippen molar-refractivity contribution in [3.05, 3.63) is 34.4 Å². The van der Waals surface area contributed by atoms with Crippen LogP contribution in [-0.4, -0.2) is 34.5 Å². The maximum absolute atomic E-state index is 13.3. The fourth-order valence-corrected chi connectivity index (χ4v) is 2.68. The van der Waals surface area contributed by atoms with Gasteiger partial charge in [-0.2, -0.15) is 0 Å². The number of carboxylic acids is 1. The molecule has 1 unspecified atom stereocenters. The average molecular weight is 318 g/mol. The van der Waals surface area contributed by atoms with Crippen molar-refractivity contribution in [2.75, 3.05) is 6.54 Å². The van der Waals surface area contributed by atoms with Crippen molar-refractivity contribution >= 4 is 23.5 Å². The number of rotatable bonds is 2. The predicted molar refractivity (Wildman–Crippen MR) is 72.3 cm³/mol. The Balaban J connectivity index is 2.36. The lowest BCUT2D eigenvalue weighted by molar-refractivity contribution is -0.142. The summed E-state index contributed by atoms with van der Waals surface area (Å²) in [7, 11) is 0. The summed E-state index contributed by atoms with van der Waals surface area (Å²) in [6, 6.07) is 0.464. The first-order chi connectivity index (χ1) is 9.91. The van der Waals surface area contributed by atoms with Crippen LogP contribution >= 0.6 is 11.6 Å². The molecule has 1 saturated heterocycles. The highest BCUT2D eigenvalue weighted by Crippen LogP contribution is 2.25. The van der Waals surface area contributed by atoms with E-state index in [0.29, 0.717) is 25.3 Å². The molecule has 1 N–H and O–H groups in total. The SMILES string of the molecule is O=C(O)C1CCCCCN1C(=O)c1cc(F)c(F)cc1Cl. The quantitative estimate of drug-likeness (QED) is 0.853. The molecule has 1 aromatic rings. The van der Waals surface area contributed by atoms with Gasteiger partial charge in [0.25, 0.3) is 5.91 Å². The van der Waals surface area contributed by atoms with Crippen LogP contribution in [0.5, 0.6) is 0 Å². The third kappa shape index (κ3) is 3.32. The number of carboxylic acid groups (broad SMARTS) is 1. The van der Waals surface area contributed by atoms with E-state index >= 15 is 0 Å². The van der Waals surface area contributed by atoms with Crippen molar-refractivity contribution in [1.82, 2.24) is 4.90 Å². The van der Waals surface area contributed by atoms with Crippen LogP contribution in [0.15, 0.2) is 12.1 Å². The van der Waals surface area contributed by atoms with Crippen LogP contribution < -0.4 is 0 Å². The molecular formula is C14H14ClF2NO3. The molecule has 2 rings (SSSR count). The molecule has 0 radical (unpaired) electrons. The van der Waals surface area contributed by atoms with Crippen LogP contribution in [0, 0.1) is 11.6 Å². The zero-order valence-electron chi connectivity index (χ0n) is 11.1. The first-order valence-corrected chi connectivity index (χ1v) is 6.98. The Hall–Kier alpha value is -1.69. The summed E-state index contributed by atoms with van der Waals surface area (Å²) in [6.45, 7) is 0.255. The lowest BCUT2D eigenvalue weighted by Crippen LogP contribution is -2.44. The summed E-state index contributed by atoms with van der Waals surface area (Å²) in [5, 5.41) is 9.01. The lowest BCUT2D eigenvalue weighted by atomic mass is 10.1. The Morgan fingerprint density at radius 3 is 2.52 bits per heavy atom. The van der Waals surface area contributed by atoms with Crippen LogP contribution in [0.4, 0.5) is 8.78 Å². The number of benzene rings is 1. The number of halogens is 3. The Morgan fingerprint density at radius 1 is 1.19 bits per heavy atom. The van der Waals surface area contributed by atoms with E-state index < -0.39 is 29.6 Å². The standard InChI is InChI=1S/C14H14ClF2NO3/c15-9-7-11(17)10(16)6-8(9)13(19)18-5-3-1-2-4-12(18)14(20)21/h6-7,12H,1-5H2,(H,20,21). The first kappa shape index (κ1) is 15.7. The van der Waals surface area contributed by atoms with E-state index in [0.717, 1.165) is 12.5 Å². The van der Waals surface area contributed by atoms with Crippen LogP contribution in [0.2, 0.25) is 5.02 Å². The Bertz CT molecular complexity index is 580. The molecule has 1 atom stereocenters. The van der Waals surface area contributed by atoms with Crippen LogP contribution in [0.3, 0.4) is 0 Å². The van der Waals surface area contributed by atoms with E-state index in [4.69, 9.17) is 11.6 Å². The van der Waals surface area contributed by atoms with Crippen molar-refractivity contribution in [2.24, 2.45) is 0 Å². The molecular weight excluding hydrogens is 304 g/mol. The van der Waals surface area contributed by atoms with E-state index in [-0.39, 0.29) is 17.1 Å². The van der Waals surface area contributed by atoms with Gasteiger partial charge >= 0.3 is 5.97 Å². The minimum absolute atomic E-state index is 0.219. The van der Waals surface area contributed by atoms with Gasteiger partial charge in [-0.3, -0.25) is 4.79 Å². The monoisotopic (exact) mass is 317 g/mol. The fourth-order valence-electron chi connectivity index (χ4n) is 2.45. The van der Waals surface area contributed by atoms with E-state index in [1.807, 2.05) is 0 Å². The van der Waals surface area contributed by atoms with Crippen molar-refractivity contribution in [1.29, 1.82) is 0 Å². The van der Waals surface area contributed by atoms with E-state index in [2.05, 4.69) is 0 Å². The smallest absolute Gasteiger partial charge is 0.326 e. The molecule has 114 valence electrons. The van der Waals surface area contributed by atoms with Gasteiger partial charge in [0.2, 0.25) is 0 Å². The summed E-state index contributed by atoms with van der Waals surface area (Å²) in [6.07, 6.45) is 2.52. The highest BCUT2D eigenvalue weighted by Gasteiger charge is 2.32. The Kier molecular flexibility index (Phi) is 4.77.